The van der Waals surface area contributed by atoms with Gasteiger partial charge < -0.3 is 15.1 Å². The number of carboxylic acid groups (broad SMARTS) is 2. The van der Waals surface area contributed by atoms with E-state index in [0.29, 0.717) is 30.7 Å². The highest BCUT2D eigenvalue weighted by Gasteiger charge is 2.38. The van der Waals surface area contributed by atoms with Gasteiger partial charge in [-0.05, 0) is 30.0 Å². The molecule has 0 aliphatic rings. The monoisotopic (exact) mass is 519 g/mol. The molecule has 0 atom stereocenters. The lowest BCUT2D eigenvalue weighted by Gasteiger charge is -2.28. The number of carbonyl (C=O) groups is 2. The maximum Gasteiger partial charge on any atom is 0.490 e. The van der Waals surface area contributed by atoms with Crippen LogP contribution >= 0.6 is 0 Å². The van der Waals surface area contributed by atoms with Crippen LogP contribution in [-0.2, 0) is 14.8 Å². The van der Waals surface area contributed by atoms with Crippen LogP contribution in [0.1, 0.15) is 38.1 Å². The van der Waals surface area contributed by atoms with Gasteiger partial charge in [-0.1, -0.05) is 45.9 Å². The van der Waals surface area contributed by atoms with Crippen molar-refractivity contribution < 1.29 is 41.4 Å². The fourth-order valence-corrected chi connectivity index (χ4v) is 3.92. The van der Waals surface area contributed by atoms with Gasteiger partial charge in [-0.25, -0.2) is 23.0 Å². The van der Waals surface area contributed by atoms with Crippen LogP contribution in [0, 0.1) is 11.8 Å². The highest BCUT2D eigenvalue weighted by atomic mass is 32.2. The van der Waals surface area contributed by atoms with Gasteiger partial charge in [-0.2, -0.15) is 13.2 Å². The number of rotatable bonds is 9. The zero-order valence-corrected chi connectivity index (χ0v) is 20.4. The zero-order valence-electron chi connectivity index (χ0n) is 19.6. The van der Waals surface area contributed by atoms with Crippen LogP contribution in [0.15, 0.2) is 47.5 Å². The third-order valence-corrected chi connectivity index (χ3v) is 5.51. The van der Waals surface area contributed by atoms with Gasteiger partial charge in [0.2, 0.25) is 0 Å². The Balaban J connectivity index is 0.000000762. The van der Waals surface area contributed by atoms with Gasteiger partial charge >= 0.3 is 18.1 Å². The number of anilines is 2. The lowest BCUT2D eigenvalue weighted by atomic mass is 10.1. The van der Waals surface area contributed by atoms with Crippen molar-refractivity contribution in [1.82, 2.24) is 4.98 Å². The van der Waals surface area contributed by atoms with E-state index in [1.54, 1.807) is 18.2 Å². The van der Waals surface area contributed by atoms with E-state index in [-0.39, 0.29) is 16.1 Å². The highest BCUT2D eigenvalue weighted by Crippen LogP contribution is 2.25. The Kier molecular flexibility index (Phi) is 10.5. The molecule has 0 unspecified atom stereocenters. The van der Waals surface area contributed by atoms with E-state index in [1.807, 2.05) is 4.90 Å². The van der Waals surface area contributed by atoms with Crippen LogP contribution in [0.4, 0.5) is 24.7 Å². The van der Waals surface area contributed by atoms with Crippen LogP contribution in [0.2, 0.25) is 0 Å². The fraction of sp³-hybridized carbons (Fsp3) is 0.409. The summed E-state index contributed by atoms with van der Waals surface area (Å²) in [6.45, 7) is 9.51. The topological polar surface area (TPSA) is 137 Å². The largest absolute Gasteiger partial charge is 0.490 e. The van der Waals surface area contributed by atoms with Crippen molar-refractivity contribution in [2.45, 2.75) is 38.8 Å². The van der Waals surface area contributed by atoms with E-state index >= 15 is 0 Å². The molecule has 2 rings (SSSR count). The molecule has 3 N–H and O–H groups in total. The van der Waals surface area contributed by atoms with Crippen molar-refractivity contribution in [3.63, 3.8) is 0 Å². The Hall–Kier alpha value is -3.35. The molecule has 1 heterocycles. The molecular formula is C22H28F3N3O6S. The summed E-state index contributed by atoms with van der Waals surface area (Å²) in [4.78, 5) is 27.1. The van der Waals surface area contributed by atoms with Crippen LogP contribution < -0.4 is 9.62 Å². The smallest absolute Gasteiger partial charge is 0.478 e. The van der Waals surface area contributed by atoms with Crippen molar-refractivity contribution in [3.05, 3.63) is 48.2 Å². The molecule has 0 bridgehead atoms. The van der Waals surface area contributed by atoms with Crippen molar-refractivity contribution >= 4 is 33.5 Å². The molecule has 0 saturated carbocycles. The number of aliphatic carboxylic acids is 1. The number of benzene rings is 1. The first-order valence-electron chi connectivity index (χ1n) is 10.4. The van der Waals surface area contributed by atoms with Gasteiger partial charge in [0, 0.05) is 13.1 Å². The second kappa shape index (κ2) is 12.4. The minimum absolute atomic E-state index is 0.0328. The quantitative estimate of drug-likeness (QED) is 0.445. The predicted octanol–water partition coefficient (Wildman–Crippen LogP) is 4.33. The van der Waals surface area contributed by atoms with Crippen molar-refractivity contribution in [1.29, 1.82) is 0 Å². The molecule has 1 aromatic heterocycles. The Morgan fingerprint density at radius 3 is 1.91 bits per heavy atom. The molecule has 0 amide bonds. The van der Waals surface area contributed by atoms with Gasteiger partial charge in [-0.15, -0.1) is 0 Å². The number of aromatic carboxylic acids is 1. The summed E-state index contributed by atoms with van der Waals surface area (Å²) in [5.41, 5.74) is 0.0774. The van der Waals surface area contributed by atoms with Crippen molar-refractivity contribution in [3.8, 4) is 0 Å². The standard InChI is InChI=1S/C20H27N3O4S.C2HF3O2/c1-14(2)12-23(13-15(3)4)19-18(20(24)25)10-16(11-21-19)22-28(26,27)17-8-6-5-7-9-17;3-2(4,5)1(6)7/h5-11,14-15,22H,12-13H2,1-4H3,(H,24,25);(H,6,7). The molecule has 0 fully saturated rings. The summed E-state index contributed by atoms with van der Waals surface area (Å²) in [5.74, 6) is -2.93. The third kappa shape index (κ3) is 9.81. The van der Waals surface area contributed by atoms with Crippen molar-refractivity contribution in [2.24, 2.45) is 11.8 Å². The minimum atomic E-state index is -5.08. The van der Waals surface area contributed by atoms with Gasteiger partial charge in [-0.3, -0.25) is 4.72 Å². The molecule has 0 aliphatic carbocycles. The van der Waals surface area contributed by atoms with E-state index in [2.05, 4.69) is 37.4 Å². The summed E-state index contributed by atoms with van der Waals surface area (Å²) in [6, 6.07) is 9.21. The van der Waals surface area contributed by atoms with Crippen LogP contribution in [0.3, 0.4) is 0 Å². The van der Waals surface area contributed by atoms with E-state index in [9.17, 15) is 31.5 Å². The number of nitrogens with one attached hydrogen (secondary N) is 1. The van der Waals surface area contributed by atoms with Gasteiger partial charge in [0.1, 0.15) is 11.4 Å². The molecule has 2 aromatic rings. The van der Waals surface area contributed by atoms with E-state index in [4.69, 9.17) is 9.90 Å². The number of halogens is 3. The second-order valence-electron chi connectivity index (χ2n) is 8.31. The number of hydrogen-bond acceptors (Lipinski definition) is 6. The molecule has 1 aromatic carbocycles. The Morgan fingerprint density at radius 2 is 1.51 bits per heavy atom. The average molecular weight is 520 g/mol. The predicted molar refractivity (Wildman–Crippen MR) is 124 cm³/mol. The lowest BCUT2D eigenvalue weighted by molar-refractivity contribution is -0.192. The van der Waals surface area contributed by atoms with Crippen LogP contribution in [0.5, 0.6) is 0 Å². The number of aromatic nitrogens is 1. The molecule has 9 nitrogen and oxygen atoms in total. The van der Waals surface area contributed by atoms with Gasteiger partial charge in [0.15, 0.2) is 0 Å². The van der Waals surface area contributed by atoms with E-state index < -0.39 is 28.1 Å². The van der Waals surface area contributed by atoms with Crippen molar-refractivity contribution in [2.75, 3.05) is 22.7 Å². The summed E-state index contributed by atoms with van der Waals surface area (Å²) in [6.07, 6.45) is -3.73. The fourth-order valence-electron chi connectivity index (χ4n) is 2.87. The number of carboxylic acids is 2. The second-order valence-corrected chi connectivity index (χ2v) is 10.00. The summed E-state index contributed by atoms with van der Waals surface area (Å²) < 4.78 is 59.1. The van der Waals surface area contributed by atoms with Crippen LogP contribution in [-0.4, -0.2) is 54.8 Å². The molecule has 13 heteroatoms. The lowest BCUT2D eigenvalue weighted by Crippen LogP contribution is -2.33. The molecule has 0 spiro atoms. The average Bonchev–Trinajstić information content (AvgIpc) is 2.72. The summed E-state index contributed by atoms with van der Waals surface area (Å²) in [7, 11) is -3.82. The number of alkyl halides is 3. The molecule has 194 valence electrons. The van der Waals surface area contributed by atoms with E-state index in [1.165, 1.54) is 24.4 Å². The normalized spacial score (nSPS) is 11.6. The minimum Gasteiger partial charge on any atom is -0.478 e. The number of nitrogens with zero attached hydrogens (tertiary/aromatic N) is 2. The first kappa shape index (κ1) is 29.7. The third-order valence-electron chi connectivity index (χ3n) is 4.12. The number of sulfonamides is 1. The molecule has 0 radical (unpaired) electrons. The Bertz CT molecular complexity index is 1100. The molecule has 35 heavy (non-hydrogen) atoms. The first-order chi connectivity index (χ1) is 16.0. The van der Waals surface area contributed by atoms with E-state index in [0.717, 1.165) is 0 Å². The Labute approximate surface area is 201 Å². The molecule has 0 saturated heterocycles. The first-order valence-corrected chi connectivity index (χ1v) is 11.9. The molecular weight excluding hydrogens is 491 g/mol. The van der Waals surface area contributed by atoms with Gasteiger partial charge in [0.25, 0.3) is 10.0 Å². The summed E-state index contributed by atoms with van der Waals surface area (Å²) >= 11 is 0. The molecule has 0 aliphatic heterocycles. The van der Waals surface area contributed by atoms with Gasteiger partial charge in [0.05, 0.1) is 16.8 Å². The Morgan fingerprint density at radius 1 is 1.03 bits per heavy atom. The number of hydrogen-bond donors (Lipinski definition) is 3. The SMILES string of the molecule is CC(C)CN(CC(C)C)c1ncc(NS(=O)(=O)c2ccccc2)cc1C(=O)O.O=C(O)C(F)(F)F. The summed E-state index contributed by atoms with van der Waals surface area (Å²) in [5, 5.41) is 16.8. The maximum absolute atomic E-state index is 12.5. The van der Waals surface area contributed by atoms with Crippen LogP contribution in [0.25, 0.3) is 0 Å². The maximum atomic E-state index is 12.5. The number of pyridine rings is 1. The highest BCUT2D eigenvalue weighted by molar-refractivity contribution is 7.92. The zero-order chi connectivity index (χ0) is 27.0.